The zero-order chi connectivity index (χ0) is 22.9. The molecule has 0 radical (unpaired) electrons. The van der Waals surface area contributed by atoms with Gasteiger partial charge in [-0.2, -0.15) is 4.52 Å². The van der Waals surface area contributed by atoms with Crippen LogP contribution in [0.25, 0.3) is 4.96 Å². The number of hydrogen-bond donors (Lipinski definition) is 1. The Kier molecular flexibility index (Phi) is 5.82. The van der Waals surface area contributed by atoms with E-state index >= 15 is 0 Å². The number of nitro benzene ring substituents is 1. The Labute approximate surface area is 195 Å². The number of aromatic hydroxyl groups is 1. The van der Waals surface area contributed by atoms with E-state index in [0.717, 1.165) is 42.8 Å². The topological polar surface area (TPSA) is 96.8 Å². The number of aryl methyl sites for hydroxylation is 1. The van der Waals surface area contributed by atoms with E-state index in [9.17, 15) is 15.2 Å². The summed E-state index contributed by atoms with van der Waals surface area (Å²) in [5, 5.41) is 26.4. The highest BCUT2D eigenvalue weighted by Crippen LogP contribution is 2.41. The highest BCUT2D eigenvalue weighted by atomic mass is 32.1. The largest absolute Gasteiger partial charge is 0.492 e. The number of aromatic nitrogens is 3. The first-order chi connectivity index (χ1) is 16.0. The zero-order valence-electron chi connectivity index (χ0n) is 18.3. The molecular weight excluding hydrogens is 438 g/mol. The van der Waals surface area contributed by atoms with Crippen molar-refractivity contribution in [1.82, 2.24) is 19.5 Å². The molecule has 1 atom stereocenters. The van der Waals surface area contributed by atoms with Crippen molar-refractivity contribution in [2.75, 3.05) is 13.1 Å². The lowest BCUT2D eigenvalue weighted by molar-refractivity contribution is -0.384. The molecule has 4 aromatic rings. The quantitative estimate of drug-likeness (QED) is 0.327. The first-order valence-corrected chi connectivity index (χ1v) is 11.9. The number of nitro groups is 1. The molecule has 1 N–H and O–H groups in total. The van der Waals surface area contributed by atoms with E-state index in [2.05, 4.69) is 39.2 Å². The maximum atomic E-state index is 11.1. The van der Waals surface area contributed by atoms with E-state index in [4.69, 9.17) is 0 Å². The second-order valence-electron chi connectivity index (χ2n) is 8.56. The summed E-state index contributed by atoms with van der Waals surface area (Å²) in [4.78, 5) is 18.9. The fourth-order valence-corrected chi connectivity index (χ4v) is 5.86. The summed E-state index contributed by atoms with van der Waals surface area (Å²) in [7, 11) is 0. The number of piperidine rings is 1. The number of non-ortho nitro benzene ring substituents is 1. The second-order valence-corrected chi connectivity index (χ2v) is 9.57. The number of likely N-dealkylation sites (tertiary alicyclic amines) is 1. The van der Waals surface area contributed by atoms with Crippen molar-refractivity contribution >= 4 is 22.0 Å². The van der Waals surface area contributed by atoms with Gasteiger partial charge in [-0.3, -0.25) is 15.0 Å². The van der Waals surface area contributed by atoms with E-state index in [1.807, 2.05) is 6.07 Å². The van der Waals surface area contributed by atoms with Crippen LogP contribution in [0.1, 0.15) is 40.7 Å². The van der Waals surface area contributed by atoms with Crippen molar-refractivity contribution in [3.63, 3.8) is 0 Å². The van der Waals surface area contributed by atoms with Gasteiger partial charge in [0.2, 0.25) is 10.8 Å². The molecule has 5 rings (SSSR count). The van der Waals surface area contributed by atoms with Gasteiger partial charge in [0, 0.05) is 12.1 Å². The van der Waals surface area contributed by atoms with Crippen LogP contribution in [-0.4, -0.2) is 42.6 Å². The van der Waals surface area contributed by atoms with Crippen LogP contribution in [0.3, 0.4) is 0 Å². The van der Waals surface area contributed by atoms with Gasteiger partial charge in [-0.1, -0.05) is 53.8 Å². The molecule has 0 unspecified atom stereocenters. The maximum Gasteiger partial charge on any atom is 0.269 e. The van der Waals surface area contributed by atoms with Gasteiger partial charge < -0.3 is 5.11 Å². The minimum atomic E-state index is -0.392. The Balaban J connectivity index is 1.43. The maximum absolute atomic E-state index is 11.1. The van der Waals surface area contributed by atoms with Crippen molar-refractivity contribution in [2.45, 2.75) is 32.2 Å². The third-order valence-corrected chi connectivity index (χ3v) is 7.43. The molecule has 1 saturated heterocycles. The summed E-state index contributed by atoms with van der Waals surface area (Å²) in [5.74, 6) is 1.31. The van der Waals surface area contributed by atoms with Crippen LogP contribution in [0.15, 0.2) is 54.6 Å². The molecule has 1 fully saturated rings. The minimum Gasteiger partial charge on any atom is -0.492 e. The van der Waals surface area contributed by atoms with Gasteiger partial charge >= 0.3 is 0 Å². The normalized spacial score (nSPS) is 16.3. The molecule has 2 aromatic carbocycles. The number of benzene rings is 2. The molecule has 1 aliphatic heterocycles. The standard InChI is InChI=1S/C24H25N5O3S/c1-16-25-24-28(26-16)23(30)22(33-24)21(19-7-9-20(10-8-19)29(31)32)27-13-11-18(12-14-27)15-17-5-3-2-4-6-17/h2-10,18,21,30H,11-15H2,1H3/t21-/m0/s1. The monoisotopic (exact) mass is 463 g/mol. The fourth-order valence-electron chi connectivity index (χ4n) is 4.70. The molecule has 0 amide bonds. The first kappa shape index (κ1) is 21.5. The van der Waals surface area contributed by atoms with Crippen molar-refractivity contribution in [3.8, 4) is 5.88 Å². The zero-order valence-corrected chi connectivity index (χ0v) is 19.1. The molecule has 1 aliphatic rings. The van der Waals surface area contributed by atoms with Crippen molar-refractivity contribution in [2.24, 2.45) is 5.92 Å². The van der Waals surface area contributed by atoms with Crippen LogP contribution in [-0.2, 0) is 6.42 Å². The third kappa shape index (κ3) is 4.34. The summed E-state index contributed by atoms with van der Waals surface area (Å²) in [6.45, 7) is 3.56. The Morgan fingerprint density at radius 1 is 1.15 bits per heavy atom. The van der Waals surface area contributed by atoms with Gasteiger partial charge in [0.15, 0.2) is 0 Å². The number of nitrogens with zero attached hydrogens (tertiary/aromatic N) is 5. The van der Waals surface area contributed by atoms with Crippen molar-refractivity contribution in [1.29, 1.82) is 0 Å². The summed E-state index contributed by atoms with van der Waals surface area (Å²) in [6, 6.07) is 17.0. The van der Waals surface area contributed by atoms with Gasteiger partial charge in [0.05, 0.1) is 15.8 Å². The number of rotatable bonds is 6. The Bertz CT molecular complexity index is 1260. The molecule has 9 heteroatoms. The Hall–Kier alpha value is -3.30. The molecule has 0 bridgehead atoms. The molecular formula is C24H25N5O3S. The number of hydrogen-bond acceptors (Lipinski definition) is 7. The number of fused-ring (bicyclic) bond motifs is 1. The third-order valence-electron chi connectivity index (χ3n) is 6.36. The van der Waals surface area contributed by atoms with Gasteiger partial charge in [-0.15, -0.1) is 5.10 Å². The average Bonchev–Trinajstić information content (AvgIpc) is 3.33. The van der Waals surface area contributed by atoms with Gasteiger partial charge in [-0.05, 0) is 56.3 Å². The molecule has 8 nitrogen and oxygen atoms in total. The Morgan fingerprint density at radius 3 is 2.48 bits per heavy atom. The van der Waals surface area contributed by atoms with Crippen molar-refractivity contribution in [3.05, 3.63) is 86.5 Å². The molecule has 2 aromatic heterocycles. The van der Waals surface area contributed by atoms with E-state index in [-0.39, 0.29) is 17.6 Å². The molecule has 0 saturated carbocycles. The van der Waals surface area contributed by atoms with Gasteiger partial charge in [-0.25, -0.2) is 4.98 Å². The molecule has 3 heterocycles. The lowest BCUT2D eigenvalue weighted by Crippen LogP contribution is -2.37. The van der Waals surface area contributed by atoms with Crippen LogP contribution in [0.4, 0.5) is 5.69 Å². The smallest absolute Gasteiger partial charge is 0.269 e. The van der Waals surface area contributed by atoms with Crippen LogP contribution in [0.5, 0.6) is 5.88 Å². The molecule has 0 aliphatic carbocycles. The predicted octanol–water partition coefficient (Wildman–Crippen LogP) is 4.76. The Morgan fingerprint density at radius 2 is 1.85 bits per heavy atom. The predicted molar refractivity (Wildman–Crippen MR) is 127 cm³/mol. The van der Waals surface area contributed by atoms with Crippen LogP contribution >= 0.6 is 11.3 Å². The van der Waals surface area contributed by atoms with Gasteiger partial charge in [0.1, 0.15) is 5.82 Å². The minimum absolute atomic E-state index is 0.0570. The summed E-state index contributed by atoms with van der Waals surface area (Å²) < 4.78 is 1.48. The molecule has 0 spiro atoms. The van der Waals surface area contributed by atoms with Crippen LogP contribution in [0, 0.1) is 23.0 Å². The van der Waals surface area contributed by atoms with Crippen LogP contribution < -0.4 is 0 Å². The number of thiazole rings is 1. The lowest BCUT2D eigenvalue weighted by Gasteiger charge is -2.37. The summed E-state index contributed by atoms with van der Waals surface area (Å²) >= 11 is 1.42. The van der Waals surface area contributed by atoms with Crippen molar-refractivity contribution < 1.29 is 10.0 Å². The highest BCUT2D eigenvalue weighted by Gasteiger charge is 2.32. The lowest BCUT2D eigenvalue weighted by atomic mass is 9.88. The van der Waals surface area contributed by atoms with Gasteiger partial charge in [0.25, 0.3) is 5.69 Å². The van der Waals surface area contributed by atoms with E-state index < -0.39 is 4.92 Å². The molecule has 33 heavy (non-hydrogen) atoms. The van der Waals surface area contributed by atoms with E-state index in [0.29, 0.717) is 16.7 Å². The summed E-state index contributed by atoms with van der Waals surface area (Å²) in [6.07, 6.45) is 3.18. The van der Waals surface area contributed by atoms with E-state index in [1.165, 1.54) is 33.5 Å². The van der Waals surface area contributed by atoms with Crippen LogP contribution in [0.2, 0.25) is 0 Å². The fraction of sp³-hybridized carbons (Fsp3) is 0.333. The SMILES string of the molecule is Cc1nc2sc([C@H](c3ccc([N+](=O)[O-])cc3)N3CCC(Cc4ccccc4)CC3)c(O)n2n1. The van der Waals surface area contributed by atoms with E-state index in [1.54, 1.807) is 19.1 Å². The second kappa shape index (κ2) is 8.92. The molecule has 170 valence electrons. The first-order valence-electron chi connectivity index (χ1n) is 11.1. The highest BCUT2D eigenvalue weighted by molar-refractivity contribution is 7.17. The average molecular weight is 464 g/mol. The summed E-state index contributed by atoms with van der Waals surface area (Å²) in [5.41, 5.74) is 2.33.